The molecule has 4 nitrogen and oxygen atoms in total. The molecular weight excluding hydrogens is 480 g/mol. The summed E-state index contributed by atoms with van der Waals surface area (Å²) >= 11 is 6.52. The first-order valence-corrected chi connectivity index (χ1v) is 12.8. The Morgan fingerprint density at radius 2 is 1.38 bits per heavy atom. The maximum atomic E-state index is 14.4. The third-order valence-corrected chi connectivity index (χ3v) is 8.62. The summed E-state index contributed by atoms with van der Waals surface area (Å²) in [5, 5.41) is 0.382. The molecule has 180 valence electrons. The van der Waals surface area contributed by atoms with Crippen molar-refractivity contribution < 1.29 is 9.59 Å². The van der Waals surface area contributed by atoms with Gasteiger partial charge in [-0.1, -0.05) is 90.5 Å². The third-order valence-electron chi connectivity index (χ3n) is 8.30. The second-order valence-electron chi connectivity index (χ2n) is 10.0. The predicted octanol–water partition coefficient (Wildman–Crippen LogP) is 6.60. The van der Waals surface area contributed by atoms with Crippen LogP contribution in [0.1, 0.15) is 33.7 Å². The van der Waals surface area contributed by atoms with Crippen molar-refractivity contribution in [3.63, 3.8) is 0 Å². The van der Waals surface area contributed by atoms with Crippen molar-refractivity contribution in [2.24, 2.45) is 16.8 Å². The van der Waals surface area contributed by atoms with Crippen molar-refractivity contribution in [3.8, 4) is 0 Å². The summed E-state index contributed by atoms with van der Waals surface area (Å²) in [4.78, 5) is 34.9. The number of aliphatic imine (C=N–C) groups is 1. The van der Waals surface area contributed by atoms with Crippen LogP contribution < -0.4 is 4.90 Å². The zero-order valence-corrected chi connectivity index (χ0v) is 20.9. The second-order valence-corrected chi connectivity index (χ2v) is 10.4. The van der Waals surface area contributed by atoms with Crippen LogP contribution in [0, 0.1) is 18.8 Å². The van der Waals surface area contributed by atoms with Crippen LogP contribution in [0.15, 0.2) is 102 Å². The van der Waals surface area contributed by atoms with Gasteiger partial charge >= 0.3 is 0 Å². The number of rotatable bonds is 3. The van der Waals surface area contributed by atoms with E-state index in [4.69, 9.17) is 16.6 Å². The standard InChI is InChI=1S/C32H23ClN2O2/c1-19-10-2-8-16-25(19)34-18-32-22-13-5-3-11-20(22)27(21-12-4-6-14-23(21)32)28-29(32)31(37)35(30(28)36)26-17-9-7-15-24(26)33/h2-18,27-29H,1H3/t27?,28-,29-,32?/m0/s1. The zero-order valence-electron chi connectivity index (χ0n) is 20.1. The van der Waals surface area contributed by atoms with Gasteiger partial charge in [0.15, 0.2) is 0 Å². The fraction of sp³-hybridized carbons (Fsp3) is 0.156. The number of anilines is 1. The Bertz CT molecular complexity index is 1590. The minimum Gasteiger partial charge on any atom is -0.274 e. The van der Waals surface area contributed by atoms with Gasteiger partial charge in [-0.25, -0.2) is 4.90 Å². The van der Waals surface area contributed by atoms with Gasteiger partial charge in [-0.15, -0.1) is 0 Å². The highest BCUT2D eigenvalue weighted by molar-refractivity contribution is 6.36. The molecule has 0 spiro atoms. The molecule has 1 heterocycles. The summed E-state index contributed by atoms with van der Waals surface area (Å²) in [5.74, 6) is -1.81. The SMILES string of the molecule is Cc1ccccc1N=CC12c3ccccc3C(c3ccccc31)[C@@H]1C(=O)N(c3ccccc3Cl)C(=O)[C@H]12. The smallest absolute Gasteiger partial charge is 0.239 e. The Labute approximate surface area is 220 Å². The molecule has 2 atom stereocenters. The normalized spacial score (nSPS) is 25.4. The molecular formula is C32H23ClN2O2. The van der Waals surface area contributed by atoms with Crippen molar-refractivity contribution in [1.29, 1.82) is 0 Å². The van der Waals surface area contributed by atoms with E-state index < -0.39 is 17.3 Å². The number of halogens is 1. The molecule has 0 aromatic heterocycles. The molecule has 0 saturated carbocycles. The monoisotopic (exact) mass is 502 g/mol. The number of benzene rings is 4. The Morgan fingerprint density at radius 1 is 0.784 bits per heavy atom. The van der Waals surface area contributed by atoms with Crippen LogP contribution in [-0.4, -0.2) is 18.0 Å². The molecule has 0 unspecified atom stereocenters. The average molecular weight is 503 g/mol. The number of carbonyl (C=O) groups is 2. The summed E-state index contributed by atoms with van der Waals surface area (Å²) in [6.07, 6.45) is 1.93. The van der Waals surface area contributed by atoms with Gasteiger partial charge in [0, 0.05) is 12.1 Å². The first-order valence-electron chi connectivity index (χ1n) is 12.5. The predicted molar refractivity (Wildman–Crippen MR) is 146 cm³/mol. The van der Waals surface area contributed by atoms with Gasteiger partial charge in [-0.05, 0) is 52.9 Å². The lowest BCUT2D eigenvalue weighted by Crippen LogP contribution is -2.54. The van der Waals surface area contributed by atoms with Crippen LogP contribution in [-0.2, 0) is 15.0 Å². The number of imide groups is 1. The molecule has 4 aromatic carbocycles. The molecule has 3 aliphatic carbocycles. The van der Waals surface area contributed by atoms with Crippen molar-refractivity contribution >= 4 is 41.0 Å². The number of hydrogen-bond donors (Lipinski definition) is 0. The largest absolute Gasteiger partial charge is 0.274 e. The highest BCUT2D eigenvalue weighted by Crippen LogP contribution is 2.64. The van der Waals surface area contributed by atoms with Crippen molar-refractivity contribution in [2.45, 2.75) is 18.3 Å². The fourth-order valence-corrected chi connectivity index (χ4v) is 7.02. The van der Waals surface area contributed by atoms with E-state index in [0.29, 0.717) is 10.7 Å². The lowest BCUT2D eigenvalue weighted by Gasteiger charge is -2.52. The van der Waals surface area contributed by atoms with E-state index in [9.17, 15) is 9.59 Å². The van der Waals surface area contributed by atoms with E-state index in [0.717, 1.165) is 33.5 Å². The van der Waals surface area contributed by atoms with E-state index in [1.807, 2.05) is 61.7 Å². The van der Waals surface area contributed by atoms with Gasteiger partial charge in [-0.3, -0.25) is 14.6 Å². The number of hydrogen-bond acceptors (Lipinski definition) is 3. The molecule has 0 N–H and O–H groups in total. The minimum absolute atomic E-state index is 0.203. The van der Waals surface area contributed by atoms with Crippen molar-refractivity contribution in [3.05, 3.63) is 130 Å². The molecule has 1 fully saturated rings. The lowest BCUT2D eigenvalue weighted by atomic mass is 9.47. The van der Waals surface area contributed by atoms with Crippen LogP contribution in [0.25, 0.3) is 0 Å². The summed E-state index contributed by atoms with van der Waals surface area (Å²) in [5.41, 5.74) is 5.69. The molecule has 5 heteroatoms. The Kier molecular flexibility index (Phi) is 4.79. The molecule has 0 radical (unpaired) electrons. The van der Waals surface area contributed by atoms with Crippen molar-refractivity contribution in [1.82, 2.24) is 0 Å². The van der Waals surface area contributed by atoms with Crippen LogP contribution >= 0.6 is 11.6 Å². The topological polar surface area (TPSA) is 49.7 Å². The second kappa shape index (κ2) is 7.99. The molecule has 4 aliphatic rings. The van der Waals surface area contributed by atoms with E-state index >= 15 is 0 Å². The number of aryl methyl sites for hydroxylation is 1. The van der Waals surface area contributed by atoms with Crippen molar-refractivity contribution in [2.75, 3.05) is 4.90 Å². The van der Waals surface area contributed by atoms with Gasteiger partial charge in [-0.2, -0.15) is 0 Å². The lowest BCUT2D eigenvalue weighted by molar-refractivity contribution is -0.122. The summed E-state index contributed by atoms with van der Waals surface area (Å²) < 4.78 is 0. The third kappa shape index (κ3) is 2.88. The number of amides is 2. The van der Waals surface area contributed by atoms with E-state index in [1.54, 1.807) is 24.3 Å². The number of carbonyl (C=O) groups excluding carboxylic acids is 2. The molecule has 8 rings (SSSR count). The maximum absolute atomic E-state index is 14.4. The first kappa shape index (κ1) is 22.2. The van der Waals surface area contributed by atoms with Gasteiger partial charge in [0.25, 0.3) is 0 Å². The van der Waals surface area contributed by atoms with Crippen LogP contribution in [0.3, 0.4) is 0 Å². The number of para-hydroxylation sites is 2. The zero-order chi connectivity index (χ0) is 25.3. The van der Waals surface area contributed by atoms with Crippen LogP contribution in [0.5, 0.6) is 0 Å². The highest BCUT2D eigenvalue weighted by Gasteiger charge is 2.68. The average Bonchev–Trinajstić information content (AvgIpc) is 3.19. The Morgan fingerprint density at radius 3 is 2.05 bits per heavy atom. The molecule has 2 bridgehead atoms. The van der Waals surface area contributed by atoms with Gasteiger partial charge in [0.2, 0.25) is 11.8 Å². The Hall–Kier alpha value is -4.02. The highest BCUT2D eigenvalue weighted by atomic mass is 35.5. The molecule has 1 saturated heterocycles. The fourth-order valence-electron chi connectivity index (χ4n) is 6.80. The van der Waals surface area contributed by atoms with E-state index in [1.165, 1.54) is 4.90 Å². The van der Waals surface area contributed by atoms with Crippen LogP contribution in [0.4, 0.5) is 11.4 Å². The molecule has 2 amide bonds. The molecule has 1 aliphatic heterocycles. The Balaban J connectivity index is 1.53. The first-order chi connectivity index (χ1) is 18.0. The summed E-state index contributed by atoms with van der Waals surface area (Å²) in [6.45, 7) is 2.02. The molecule has 4 aromatic rings. The minimum atomic E-state index is -0.891. The molecule has 37 heavy (non-hydrogen) atoms. The van der Waals surface area contributed by atoms with Crippen LogP contribution in [0.2, 0.25) is 5.02 Å². The van der Waals surface area contributed by atoms with Gasteiger partial charge < -0.3 is 0 Å². The van der Waals surface area contributed by atoms with Gasteiger partial charge in [0.1, 0.15) is 0 Å². The number of nitrogens with zero attached hydrogens (tertiary/aromatic N) is 2. The van der Waals surface area contributed by atoms with E-state index in [-0.39, 0.29) is 17.7 Å². The summed E-state index contributed by atoms with van der Waals surface area (Å²) in [6, 6.07) is 31.4. The summed E-state index contributed by atoms with van der Waals surface area (Å²) in [7, 11) is 0. The quantitative estimate of drug-likeness (QED) is 0.234. The maximum Gasteiger partial charge on any atom is 0.239 e. The van der Waals surface area contributed by atoms with E-state index in [2.05, 4.69) is 24.3 Å². The van der Waals surface area contributed by atoms with Gasteiger partial charge in [0.05, 0.1) is 33.6 Å².